The summed E-state index contributed by atoms with van der Waals surface area (Å²) < 4.78 is 19.4. The summed E-state index contributed by atoms with van der Waals surface area (Å²) in [6, 6.07) is 2.70. The first-order chi connectivity index (χ1) is 11.0. The van der Waals surface area contributed by atoms with Gasteiger partial charge in [0.05, 0.1) is 24.3 Å². The Balaban J connectivity index is 2.06. The summed E-state index contributed by atoms with van der Waals surface area (Å²) >= 11 is 11.9. The Kier molecular flexibility index (Phi) is 6.65. The molecule has 1 fully saturated rings. The van der Waals surface area contributed by atoms with Crippen LogP contribution in [0.1, 0.15) is 25.5 Å². The minimum Gasteiger partial charge on any atom is -0.371 e. The number of rotatable bonds is 5. The molecular formula is C16H21Cl2FN2O2. The van der Waals surface area contributed by atoms with Crippen LogP contribution >= 0.6 is 23.2 Å². The summed E-state index contributed by atoms with van der Waals surface area (Å²) in [6.45, 7) is 7.26. The van der Waals surface area contributed by atoms with Gasteiger partial charge in [-0.15, -0.1) is 0 Å². The van der Waals surface area contributed by atoms with Gasteiger partial charge in [-0.2, -0.15) is 0 Å². The highest BCUT2D eigenvalue weighted by molar-refractivity contribution is 6.35. The van der Waals surface area contributed by atoms with Gasteiger partial charge in [0.25, 0.3) is 0 Å². The van der Waals surface area contributed by atoms with Crippen LogP contribution in [0.15, 0.2) is 12.1 Å². The van der Waals surface area contributed by atoms with Crippen molar-refractivity contribution in [3.63, 3.8) is 0 Å². The molecule has 1 aromatic rings. The first kappa shape index (κ1) is 18.5. The second-order valence-electron chi connectivity index (χ2n) is 5.45. The van der Waals surface area contributed by atoms with Crippen LogP contribution in [-0.2, 0) is 9.53 Å². The first-order valence-corrected chi connectivity index (χ1v) is 8.48. The monoisotopic (exact) mass is 362 g/mol. The number of ether oxygens (including phenoxy) is 1. The third-order valence-corrected chi connectivity index (χ3v) is 4.63. The molecule has 0 radical (unpaired) electrons. The number of likely N-dealkylation sites (N-methyl/N-ethyl adjacent to an activating group) is 1. The highest BCUT2D eigenvalue weighted by Gasteiger charge is 2.26. The number of benzene rings is 1. The Morgan fingerprint density at radius 1 is 1.35 bits per heavy atom. The molecule has 4 nitrogen and oxygen atoms in total. The first-order valence-electron chi connectivity index (χ1n) is 7.72. The summed E-state index contributed by atoms with van der Waals surface area (Å²) in [4.78, 5) is 16.0. The number of hydrogen-bond acceptors (Lipinski definition) is 3. The largest absolute Gasteiger partial charge is 0.371 e. The molecule has 1 saturated heterocycles. The van der Waals surface area contributed by atoms with E-state index in [1.807, 2.05) is 18.7 Å². The van der Waals surface area contributed by atoms with Crippen molar-refractivity contribution < 1.29 is 13.9 Å². The molecule has 2 rings (SSSR count). The Labute approximate surface area is 146 Å². The number of morpholine rings is 1. The molecular weight excluding hydrogens is 342 g/mol. The lowest BCUT2D eigenvalue weighted by Gasteiger charge is -2.34. The average molecular weight is 363 g/mol. The van der Waals surface area contributed by atoms with E-state index in [0.29, 0.717) is 49.9 Å². The van der Waals surface area contributed by atoms with E-state index in [4.69, 9.17) is 27.9 Å². The van der Waals surface area contributed by atoms with Gasteiger partial charge < -0.3 is 9.64 Å². The molecule has 1 aliphatic heterocycles. The normalized spacial score (nSPS) is 18.9. The lowest BCUT2D eigenvalue weighted by molar-refractivity contribution is -0.134. The van der Waals surface area contributed by atoms with Gasteiger partial charge >= 0.3 is 0 Å². The lowest BCUT2D eigenvalue weighted by atomic mass is 10.1. The predicted molar refractivity (Wildman–Crippen MR) is 89.5 cm³/mol. The number of halogens is 3. The van der Waals surface area contributed by atoms with E-state index >= 15 is 0 Å². The van der Waals surface area contributed by atoms with E-state index in [-0.39, 0.29) is 17.0 Å². The van der Waals surface area contributed by atoms with E-state index in [1.165, 1.54) is 12.1 Å². The van der Waals surface area contributed by atoms with E-state index < -0.39 is 5.82 Å². The Morgan fingerprint density at radius 3 is 2.70 bits per heavy atom. The zero-order chi connectivity index (χ0) is 17.0. The highest BCUT2D eigenvalue weighted by atomic mass is 35.5. The lowest BCUT2D eigenvalue weighted by Crippen LogP contribution is -2.45. The SMILES string of the molecule is CCN(CC)C(=O)CN1CCO[C@H](c2cc(F)c(Cl)cc2Cl)C1. The van der Waals surface area contributed by atoms with Crippen LogP contribution < -0.4 is 0 Å². The summed E-state index contributed by atoms with van der Waals surface area (Å²) in [6.07, 6.45) is -0.368. The van der Waals surface area contributed by atoms with Gasteiger partial charge in [0.2, 0.25) is 5.91 Å². The molecule has 1 heterocycles. The van der Waals surface area contributed by atoms with Crippen molar-refractivity contribution in [2.24, 2.45) is 0 Å². The molecule has 1 aliphatic rings. The molecule has 0 bridgehead atoms. The third-order valence-electron chi connectivity index (χ3n) is 4.01. The third kappa shape index (κ3) is 4.57. The average Bonchev–Trinajstić information content (AvgIpc) is 2.52. The fourth-order valence-electron chi connectivity index (χ4n) is 2.69. The van der Waals surface area contributed by atoms with Crippen molar-refractivity contribution in [1.82, 2.24) is 9.80 Å². The van der Waals surface area contributed by atoms with Gasteiger partial charge in [-0.3, -0.25) is 9.69 Å². The van der Waals surface area contributed by atoms with Crippen molar-refractivity contribution in [3.05, 3.63) is 33.6 Å². The molecule has 7 heteroatoms. The van der Waals surface area contributed by atoms with Crippen LogP contribution in [-0.4, -0.2) is 55.0 Å². The smallest absolute Gasteiger partial charge is 0.236 e. The maximum atomic E-state index is 13.7. The van der Waals surface area contributed by atoms with E-state index in [1.54, 1.807) is 4.90 Å². The molecule has 0 aliphatic carbocycles. The number of amides is 1. The molecule has 1 amide bonds. The molecule has 0 saturated carbocycles. The Hall–Kier alpha value is -0.880. The van der Waals surface area contributed by atoms with Crippen molar-refractivity contribution >= 4 is 29.1 Å². The van der Waals surface area contributed by atoms with Gasteiger partial charge in [0.1, 0.15) is 5.82 Å². The van der Waals surface area contributed by atoms with E-state index in [0.717, 1.165) is 0 Å². The minimum absolute atomic E-state index is 0.0110. The Bertz CT molecular complexity index is 567. The van der Waals surface area contributed by atoms with Gasteiger partial charge in [-0.1, -0.05) is 23.2 Å². The van der Waals surface area contributed by atoms with Crippen LogP contribution in [0, 0.1) is 5.82 Å². The number of carbonyl (C=O) groups excluding carboxylic acids is 1. The maximum Gasteiger partial charge on any atom is 0.236 e. The molecule has 0 unspecified atom stereocenters. The van der Waals surface area contributed by atoms with Crippen molar-refractivity contribution in [2.75, 3.05) is 39.3 Å². The topological polar surface area (TPSA) is 32.8 Å². The molecule has 0 N–H and O–H groups in total. The highest BCUT2D eigenvalue weighted by Crippen LogP contribution is 2.32. The summed E-state index contributed by atoms with van der Waals surface area (Å²) in [5, 5.41) is 0.362. The molecule has 23 heavy (non-hydrogen) atoms. The van der Waals surface area contributed by atoms with Gasteiger partial charge in [-0.05, 0) is 26.0 Å². The molecule has 128 valence electrons. The zero-order valence-electron chi connectivity index (χ0n) is 13.3. The summed E-state index contributed by atoms with van der Waals surface area (Å²) in [7, 11) is 0. The van der Waals surface area contributed by atoms with Crippen molar-refractivity contribution in [1.29, 1.82) is 0 Å². The zero-order valence-corrected chi connectivity index (χ0v) is 14.8. The number of nitrogens with zero attached hydrogens (tertiary/aromatic N) is 2. The second kappa shape index (κ2) is 8.29. The predicted octanol–water partition coefficient (Wildman–Crippen LogP) is 3.37. The maximum absolute atomic E-state index is 13.7. The molecule has 0 aromatic heterocycles. The van der Waals surface area contributed by atoms with Gasteiger partial charge in [0.15, 0.2) is 0 Å². The number of carbonyl (C=O) groups is 1. The van der Waals surface area contributed by atoms with Crippen LogP contribution in [0.2, 0.25) is 10.0 Å². The summed E-state index contributed by atoms with van der Waals surface area (Å²) in [5.74, 6) is -0.435. The van der Waals surface area contributed by atoms with Crippen LogP contribution in [0.4, 0.5) is 4.39 Å². The Morgan fingerprint density at radius 2 is 2.04 bits per heavy atom. The van der Waals surface area contributed by atoms with Gasteiger partial charge in [0, 0.05) is 36.8 Å². The van der Waals surface area contributed by atoms with Crippen LogP contribution in [0.5, 0.6) is 0 Å². The second-order valence-corrected chi connectivity index (χ2v) is 6.26. The summed E-state index contributed by atoms with van der Waals surface area (Å²) in [5.41, 5.74) is 0.563. The fourth-order valence-corrected chi connectivity index (χ4v) is 3.19. The van der Waals surface area contributed by atoms with Gasteiger partial charge in [-0.25, -0.2) is 4.39 Å². The quantitative estimate of drug-likeness (QED) is 0.752. The minimum atomic E-state index is -0.522. The van der Waals surface area contributed by atoms with E-state index in [9.17, 15) is 9.18 Å². The molecule has 1 aromatic carbocycles. The van der Waals surface area contributed by atoms with Crippen LogP contribution in [0.25, 0.3) is 0 Å². The van der Waals surface area contributed by atoms with Crippen molar-refractivity contribution in [2.45, 2.75) is 20.0 Å². The number of hydrogen-bond donors (Lipinski definition) is 0. The molecule has 0 spiro atoms. The van der Waals surface area contributed by atoms with Crippen LogP contribution in [0.3, 0.4) is 0 Å². The molecule has 1 atom stereocenters. The van der Waals surface area contributed by atoms with Crippen molar-refractivity contribution in [3.8, 4) is 0 Å². The fraction of sp³-hybridized carbons (Fsp3) is 0.562. The standard InChI is InChI=1S/C16H21Cl2FN2O2/c1-3-21(4-2)16(22)10-20-5-6-23-15(9-20)11-7-14(19)13(18)8-12(11)17/h7-8,15H,3-6,9-10H2,1-2H3/t15-/m0/s1. The van der Waals surface area contributed by atoms with E-state index in [2.05, 4.69) is 0 Å².